The molecule has 0 bridgehead atoms. The van der Waals surface area contributed by atoms with Crippen LogP contribution in [0.1, 0.15) is 51.9 Å². The summed E-state index contributed by atoms with van der Waals surface area (Å²) in [6.07, 6.45) is 6.60. The number of ketones is 2. The fraction of sp³-hybridized carbons (Fsp3) is 0.647. The highest BCUT2D eigenvalue weighted by Gasteiger charge is 2.39. The van der Waals surface area contributed by atoms with Crippen molar-refractivity contribution in [2.24, 2.45) is 0 Å². The molecule has 0 spiro atoms. The van der Waals surface area contributed by atoms with E-state index in [1.807, 2.05) is 0 Å². The lowest BCUT2D eigenvalue weighted by molar-refractivity contribution is -0.116. The van der Waals surface area contributed by atoms with E-state index >= 15 is 0 Å². The summed E-state index contributed by atoms with van der Waals surface area (Å²) in [6, 6.07) is 0. The smallest absolute Gasteiger partial charge is 0.185 e. The first kappa shape index (κ1) is 15.4. The van der Waals surface area contributed by atoms with Gasteiger partial charge in [-0.25, -0.2) is 0 Å². The van der Waals surface area contributed by atoms with Gasteiger partial charge in [-0.2, -0.15) is 0 Å². The Hall–Kier alpha value is -0.963. The average Bonchev–Trinajstić information content (AvgIpc) is 2.39. The molecule has 2 nitrogen and oxygen atoms in total. The Balaban J connectivity index is 2.50. The molecule has 2 aliphatic carbocycles. The first-order chi connectivity index (χ1) is 9.38. The van der Waals surface area contributed by atoms with E-state index < -0.39 is 8.07 Å². The van der Waals surface area contributed by atoms with Crippen molar-refractivity contribution in [1.29, 1.82) is 0 Å². The van der Waals surface area contributed by atoms with Gasteiger partial charge in [0.1, 0.15) is 0 Å². The topological polar surface area (TPSA) is 34.1 Å². The van der Waals surface area contributed by atoms with Crippen LogP contribution in [0.5, 0.6) is 0 Å². The molecule has 2 aliphatic rings. The van der Waals surface area contributed by atoms with Gasteiger partial charge in [0.2, 0.25) is 0 Å². The minimum absolute atomic E-state index is 0.213. The molecule has 2 rings (SSSR count). The highest BCUT2D eigenvalue weighted by atomic mass is 28.3. The van der Waals surface area contributed by atoms with E-state index in [0.29, 0.717) is 0 Å². The van der Waals surface area contributed by atoms with Crippen LogP contribution in [0.2, 0.25) is 19.6 Å². The lowest BCUT2D eigenvalue weighted by Crippen LogP contribution is -2.38. The van der Waals surface area contributed by atoms with Crippen molar-refractivity contribution in [2.75, 3.05) is 0 Å². The van der Waals surface area contributed by atoms with Gasteiger partial charge in [-0.1, -0.05) is 33.0 Å². The van der Waals surface area contributed by atoms with E-state index in [0.717, 1.165) is 66.9 Å². The molecule has 0 saturated carbocycles. The van der Waals surface area contributed by atoms with Crippen LogP contribution in [0.4, 0.5) is 0 Å². The first-order valence-electron chi connectivity index (χ1n) is 7.93. The van der Waals surface area contributed by atoms with Crippen LogP contribution in [0, 0.1) is 0 Å². The first-order valence-corrected chi connectivity index (χ1v) is 11.4. The Morgan fingerprint density at radius 3 is 2.00 bits per heavy atom. The molecule has 0 fully saturated rings. The third-order valence-corrected chi connectivity index (χ3v) is 6.38. The van der Waals surface area contributed by atoms with E-state index in [1.54, 1.807) is 0 Å². The summed E-state index contributed by atoms with van der Waals surface area (Å²) < 4.78 is 0. The fourth-order valence-corrected chi connectivity index (χ4v) is 5.35. The molecule has 0 aliphatic heterocycles. The van der Waals surface area contributed by atoms with Crippen LogP contribution in [0.15, 0.2) is 21.9 Å². The van der Waals surface area contributed by atoms with E-state index in [1.165, 1.54) is 0 Å². The van der Waals surface area contributed by atoms with Gasteiger partial charge in [0.05, 0.1) is 8.07 Å². The average molecular weight is 290 g/mol. The molecular formula is C17H26O2Si. The Morgan fingerprint density at radius 2 is 1.50 bits per heavy atom. The zero-order valence-electron chi connectivity index (χ0n) is 13.3. The van der Waals surface area contributed by atoms with Crippen molar-refractivity contribution >= 4 is 19.6 Å². The zero-order chi connectivity index (χ0) is 14.9. The highest BCUT2D eigenvalue weighted by molar-refractivity contribution is 6.88. The molecule has 0 aromatic rings. The van der Waals surface area contributed by atoms with Gasteiger partial charge in [-0.15, -0.1) is 0 Å². The number of rotatable bonds is 4. The van der Waals surface area contributed by atoms with E-state index in [-0.39, 0.29) is 11.6 Å². The Morgan fingerprint density at radius 1 is 0.950 bits per heavy atom. The standard InChI is InChI=1S/C17H26O2Si/c1-5-6-9-14-15(18)12-10-7-8-11-13(12)16(19)17(14)20(2,3)4/h5-11H2,1-4H3. The van der Waals surface area contributed by atoms with Crippen molar-refractivity contribution in [1.82, 2.24) is 0 Å². The molecule has 0 saturated heterocycles. The number of carbonyl (C=O) groups excluding carboxylic acids is 2. The molecule has 0 radical (unpaired) electrons. The minimum atomic E-state index is -1.78. The minimum Gasteiger partial charge on any atom is -0.290 e. The number of allylic oxidation sites excluding steroid dienone is 4. The molecule has 20 heavy (non-hydrogen) atoms. The fourth-order valence-electron chi connectivity index (χ4n) is 3.38. The van der Waals surface area contributed by atoms with Gasteiger partial charge in [0.15, 0.2) is 11.6 Å². The second-order valence-electron chi connectivity index (χ2n) is 7.03. The monoisotopic (exact) mass is 290 g/mol. The van der Waals surface area contributed by atoms with Crippen LogP contribution < -0.4 is 0 Å². The Labute approximate surface area is 123 Å². The van der Waals surface area contributed by atoms with E-state index in [9.17, 15) is 9.59 Å². The lowest BCUT2D eigenvalue weighted by Gasteiger charge is -2.32. The lowest BCUT2D eigenvalue weighted by atomic mass is 9.79. The summed E-state index contributed by atoms with van der Waals surface area (Å²) in [5, 5.41) is 0.927. The summed E-state index contributed by atoms with van der Waals surface area (Å²) in [6.45, 7) is 8.70. The van der Waals surface area contributed by atoms with Gasteiger partial charge in [0, 0.05) is 16.7 Å². The summed E-state index contributed by atoms with van der Waals surface area (Å²) in [4.78, 5) is 25.7. The molecule has 0 atom stereocenters. The third kappa shape index (κ3) is 2.73. The Bertz CT molecular complexity index is 504. The van der Waals surface area contributed by atoms with Gasteiger partial charge in [-0.05, 0) is 43.7 Å². The Kier molecular flexibility index (Phi) is 4.48. The molecule has 0 N–H and O–H groups in total. The number of unbranched alkanes of at least 4 members (excludes halogenated alkanes) is 1. The molecule has 110 valence electrons. The normalized spacial score (nSPS) is 20.6. The maximum Gasteiger partial charge on any atom is 0.185 e. The molecule has 0 heterocycles. The molecule has 0 aromatic carbocycles. The zero-order valence-corrected chi connectivity index (χ0v) is 14.3. The largest absolute Gasteiger partial charge is 0.290 e. The van der Waals surface area contributed by atoms with Crippen LogP contribution in [-0.4, -0.2) is 19.6 Å². The summed E-state index contributed by atoms with van der Waals surface area (Å²) in [7, 11) is -1.78. The van der Waals surface area contributed by atoms with Gasteiger partial charge < -0.3 is 0 Å². The quantitative estimate of drug-likeness (QED) is 0.569. The van der Waals surface area contributed by atoms with Crippen LogP contribution in [0.25, 0.3) is 0 Å². The third-order valence-electron chi connectivity index (χ3n) is 4.35. The maximum atomic E-state index is 12.9. The van der Waals surface area contributed by atoms with Gasteiger partial charge in [0.25, 0.3) is 0 Å². The van der Waals surface area contributed by atoms with Gasteiger partial charge >= 0.3 is 0 Å². The molecule has 0 aromatic heterocycles. The predicted octanol–water partition coefficient (Wildman–Crippen LogP) is 4.37. The maximum absolute atomic E-state index is 12.9. The number of Topliss-reactive ketones (excluding diaryl/α,β-unsaturated/α-hetero) is 2. The number of hydrogen-bond acceptors (Lipinski definition) is 2. The molecule has 0 amide bonds. The van der Waals surface area contributed by atoms with Crippen molar-refractivity contribution in [2.45, 2.75) is 71.5 Å². The number of hydrogen-bond donors (Lipinski definition) is 0. The van der Waals surface area contributed by atoms with Crippen LogP contribution in [-0.2, 0) is 9.59 Å². The van der Waals surface area contributed by atoms with Crippen molar-refractivity contribution in [3.8, 4) is 0 Å². The highest BCUT2D eigenvalue weighted by Crippen LogP contribution is 2.38. The van der Waals surface area contributed by atoms with Crippen molar-refractivity contribution in [3.63, 3.8) is 0 Å². The van der Waals surface area contributed by atoms with E-state index in [2.05, 4.69) is 26.6 Å². The number of carbonyl (C=O) groups is 2. The SMILES string of the molecule is CCCCC1=C([Si](C)(C)C)C(=O)C2=C(CCCC2)C1=O. The second kappa shape index (κ2) is 5.80. The summed E-state index contributed by atoms with van der Waals surface area (Å²) in [5.74, 6) is 0.440. The summed E-state index contributed by atoms with van der Waals surface area (Å²) in [5.41, 5.74) is 2.59. The molecule has 3 heteroatoms. The van der Waals surface area contributed by atoms with Crippen LogP contribution in [0.3, 0.4) is 0 Å². The van der Waals surface area contributed by atoms with Crippen LogP contribution >= 0.6 is 0 Å². The van der Waals surface area contributed by atoms with Crippen molar-refractivity contribution < 1.29 is 9.59 Å². The van der Waals surface area contributed by atoms with Gasteiger partial charge in [-0.3, -0.25) is 9.59 Å². The molecule has 0 unspecified atom stereocenters. The summed E-state index contributed by atoms with van der Waals surface area (Å²) >= 11 is 0. The molecular weight excluding hydrogens is 264 g/mol. The van der Waals surface area contributed by atoms with Crippen molar-refractivity contribution in [3.05, 3.63) is 21.9 Å². The predicted molar refractivity (Wildman–Crippen MR) is 85.4 cm³/mol. The second-order valence-corrected chi connectivity index (χ2v) is 12.0. The van der Waals surface area contributed by atoms with E-state index in [4.69, 9.17) is 0 Å².